The van der Waals surface area contributed by atoms with Crippen LogP contribution < -0.4 is 11.1 Å². The van der Waals surface area contributed by atoms with Crippen LogP contribution in [0.1, 0.15) is 40.0 Å². The molecule has 2 amide bonds. The highest BCUT2D eigenvalue weighted by molar-refractivity contribution is 5.75. The Balaban J connectivity index is 4.93. The summed E-state index contributed by atoms with van der Waals surface area (Å²) in [7, 11) is 0. The van der Waals surface area contributed by atoms with Gasteiger partial charge in [-0.1, -0.05) is 20.8 Å². The normalized spacial score (nSPS) is 12.4. The summed E-state index contributed by atoms with van der Waals surface area (Å²) in [6.07, 6.45) is -2.52. The second-order valence-corrected chi connectivity index (χ2v) is 4.56. The number of hydrogen-bond acceptors (Lipinski definition) is 2. The molecular weight excluding hydrogens is 259 g/mol. The molecule has 0 saturated carbocycles. The Hall–Kier alpha value is -0.980. The van der Waals surface area contributed by atoms with Crippen molar-refractivity contribution in [3.8, 4) is 0 Å². The Labute approximate surface area is 112 Å². The molecule has 0 unspecified atom stereocenters. The van der Waals surface area contributed by atoms with Gasteiger partial charge in [-0.2, -0.15) is 13.2 Å². The highest BCUT2D eigenvalue weighted by atomic mass is 19.4. The summed E-state index contributed by atoms with van der Waals surface area (Å²) in [6, 6.07) is -0.701. The maximum Gasteiger partial charge on any atom is 0.405 e. The van der Waals surface area contributed by atoms with Crippen molar-refractivity contribution in [3.63, 3.8) is 0 Å². The van der Waals surface area contributed by atoms with Crippen molar-refractivity contribution in [3.05, 3.63) is 0 Å². The van der Waals surface area contributed by atoms with Crippen LogP contribution in [0.2, 0.25) is 0 Å². The molecule has 0 aliphatic carbocycles. The van der Waals surface area contributed by atoms with Crippen LogP contribution in [0.3, 0.4) is 0 Å². The summed E-state index contributed by atoms with van der Waals surface area (Å²) in [4.78, 5) is 13.4. The quantitative estimate of drug-likeness (QED) is 0.754. The Kier molecular flexibility index (Phi) is 7.18. The highest BCUT2D eigenvalue weighted by Gasteiger charge is 2.36. The van der Waals surface area contributed by atoms with Crippen LogP contribution in [0.5, 0.6) is 0 Å². The monoisotopic (exact) mass is 283 g/mol. The van der Waals surface area contributed by atoms with Gasteiger partial charge in [-0.05, 0) is 19.3 Å². The van der Waals surface area contributed by atoms with Gasteiger partial charge in [0, 0.05) is 13.1 Å². The fourth-order valence-corrected chi connectivity index (χ4v) is 2.08. The van der Waals surface area contributed by atoms with Gasteiger partial charge in [0.05, 0.1) is 5.54 Å². The molecule has 0 aromatic heterocycles. The number of nitrogens with zero attached hydrogens (tertiary/aromatic N) is 1. The van der Waals surface area contributed by atoms with Crippen molar-refractivity contribution in [1.29, 1.82) is 0 Å². The topological polar surface area (TPSA) is 58.4 Å². The Morgan fingerprint density at radius 1 is 1.21 bits per heavy atom. The van der Waals surface area contributed by atoms with Gasteiger partial charge >= 0.3 is 12.2 Å². The van der Waals surface area contributed by atoms with Gasteiger partial charge in [-0.15, -0.1) is 0 Å². The van der Waals surface area contributed by atoms with Gasteiger partial charge in [-0.25, -0.2) is 4.79 Å². The zero-order chi connectivity index (χ0) is 15.1. The summed E-state index contributed by atoms with van der Waals surface area (Å²) >= 11 is 0. The lowest BCUT2D eigenvalue weighted by Gasteiger charge is -2.42. The molecule has 0 aliphatic heterocycles. The molecular formula is C12H24F3N3O. The summed E-state index contributed by atoms with van der Waals surface area (Å²) < 4.78 is 36.4. The molecule has 0 aliphatic rings. The van der Waals surface area contributed by atoms with E-state index in [1.807, 2.05) is 26.1 Å². The van der Waals surface area contributed by atoms with E-state index in [-0.39, 0.29) is 6.54 Å². The van der Waals surface area contributed by atoms with Crippen molar-refractivity contribution in [1.82, 2.24) is 10.2 Å². The molecule has 0 aromatic rings. The van der Waals surface area contributed by atoms with Gasteiger partial charge in [-0.3, -0.25) is 0 Å². The minimum Gasteiger partial charge on any atom is -0.329 e. The molecule has 0 bridgehead atoms. The summed E-state index contributed by atoms with van der Waals surface area (Å²) in [6.45, 7) is 4.95. The van der Waals surface area contributed by atoms with E-state index in [1.165, 1.54) is 4.90 Å². The first-order valence-corrected chi connectivity index (χ1v) is 6.58. The molecule has 0 atom stereocenters. The third kappa shape index (κ3) is 5.26. The third-order valence-corrected chi connectivity index (χ3v) is 3.40. The van der Waals surface area contributed by atoms with E-state index in [4.69, 9.17) is 5.73 Å². The fraction of sp³-hybridized carbons (Fsp3) is 0.917. The first-order valence-electron chi connectivity index (χ1n) is 6.58. The first-order chi connectivity index (χ1) is 8.76. The van der Waals surface area contributed by atoms with Gasteiger partial charge < -0.3 is 16.0 Å². The van der Waals surface area contributed by atoms with Crippen LogP contribution in [0, 0.1) is 0 Å². The molecule has 3 N–H and O–H groups in total. The van der Waals surface area contributed by atoms with Crippen molar-refractivity contribution in [2.75, 3.05) is 19.6 Å². The predicted molar refractivity (Wildman–Crippen MR) is 68.8 cm³/mol. The van der Waals surface area contributed by atoms with Crippen LogP contribution >= 0.6 is 0 Å². The average Bonchev–Trinajstić information content (AvgIpc) is 2.36. The second-order valence-electron chi connectivity index (χ2n) is 4.56. The first kappa shape index (κ1) is 18.0. The number of urea groups is 1. The minimum atomic E-state index is -4.41. The average molecular weight is 283 g/mol. The fourth-order valence-electron chi connectivity index (χ4n) is 2.08. The van der Waals surface area contributed by atoms with Gasteiger partial charge in [0.1, 0.15) is 6.54 Å². The van der Waals surface area contributed by atoms with Crippen LogP contribution in [0.25, 0.3) is 0 Å². The number of amides is 2. The zero-order valence-electron chi connectivity index (χ0n) is 11.8. The van der Waals surface area contributed by atoms with Crippen LogP contribution in [0.4, 0.5) is 18.0 Å². The predicted octanol–water partition coefficient (Wildman–Crippen LogP) is 2.49. The lowest BCUT2D eigenvalue weighted by Crippen LogP contribution is -2.59. The summed E-state index contributed by atoms with van der Waals surface area (Å²) in [5, 5.41) is 1.92. The number of nitrogens with one attached hydrogen (secondary N) is 1. The lowest BCUT2D eigenvalue weighted by atomic mass is 9.90. The van der Waals surface area contributed by atoms with Crippen LogP contribution in [-0.4, -0.2) is 42.3 Å². The molecule has 0 heterocycles. The molecule has 4 nitrogen and oxygen atoms in total. The van der Waals surface area contributed by atoms with E-state index in [2.05, 4.69) is 0 Å². The van der Waals surface area contributed by atoms with Gasteiger partial charge in [0.2, 0.25) is 0 Å². The summed E-state index contributed by atoms with van der Waals surface area (Å²) in [5.74, 6) is 0. The number of hydrogen-bond donors (Lipinski definition) is 2. The molecule has 0 radical (unpaired) electrons. The largest absolute Gasteiger partial charge is 0.405 e. The smallest absolute Gasteiger partial charge is 0.329 e. The molecule has 0 saturated heterocycles. The van der Waals surface area contributed by atoms with E-state index in [1.54, 1.807) is 0 Å². The maximum absolute atomic E-state index is 12.1. The number of alkyl halides is 3. The van der Waals surface area contributed by atoms with Crippen molar-refractivity contribution in [2.24, 2.45) is 5.73 Å². The molecule has 0 fully saturated rings. The minimum absolute atomic E-state index is 0.236. The number of nitrogens with two attached hydrogens (primary N) is 1. The Morgan fingerprint density at radius 2 is 1.74 bits per heavy atom. The van der Waals surface area contributed by atoms with Gasteiger partial charge in [0.25, 0.3) is 0 Å². The standard InChI is InChI=1S/C12H24F3N3O/c1-4-7-18(11(5-2,6-3)8-16)10(19)17-9-12(13,14)15/h4-9,16H2,1-3H3,(H,17,19). The summed E-state index contributed by atoms with van der Waals surface area (Å²) in [5.41, 5.74) is 5.16. The molecule has 0 spiro atoms. The molecule has 0 rings (SSSR count). The van der Waals surface area contributed by atoms with E-state index < -0.39 is 24.3 Å². The SMILES string of the molecule is CCCN(C(=O)NCC(F)(F)F)C(CC)(CC)CN. The second kappa shape index (κ2) is 7.57. The molecule has 7 heteroatoms. The number of halogens is 3. The van der Waals surface area contributed by atoms with Gasteiger partial charge in [0.15, 0.2) is 0 Å². The van der Waals surface area contributed by atoms with Crippen LogP contribution in [-0.2, 0) is 0 Å². The molecule has 0 aromatic carbocycles. The van der Waals surface area contributed by atoms with Crippen molar-refractivity contribution >= 4 is 6.03 Å². The van der Waals surface area contributed by atoms with E-state index in [0.717, 1.165) is 0 Å². The Bertz CT molecular complexity index is 270. The molecule has 114 valence electrons. The number of carbonyl (C=O) groups excluding carboxylic acids is 1. The number of rotatable bonds is 7. The van der Waals surface area contributed by atoms with E-state index >= 15 is 0 Å². The maximum atomic E-state index is 12.1. The van der Waals surface area contributed by atoms with Crippen molar-refractivity contribution < 1.29 is 18.0 Å². The lowest BCUT2D eigenvalue weighted by molar-refractivity contribution is -0.123. The third-order valence-electron chi connectivity index (χ3n) is 3.40. The van der Waals surface area contributed by atoms with E-state index in [9.17, 15) is 18.0 Å². The van der Waals surface area contributed by atoms with Crippen molar-refractivity contribution in [2.45, 2.75) is 51.7 Å². The highest BCUT2D eigenvalue weighted by Crippen LogP contribution is 2.23. The number of carbonyl (C=O) groups is 1. The zero-order valence-corrected chi connectivity index (χ0v) is 11.8. The molecule has 19 heavy (non-hydrogen) atoms. The van der Waals surface area contributed by atoms with Crippen LogP contribution in [0.15, 0.2) is 0 Å². The Morgan fingerprint density at radius 3 is 2.05 bits per heavy atom. The van der Waals surface area contributed by atoms with E-state index in [0.29, 0.717) is 25.8 Å².